The summed E-state index contributed by atoms with van der Waals surface area (Å²) in [6, 6.07) is 0. The van der Waals surface area contributed by atoms with Crippen LogP contribution >= 0.6 is 11.8 Å². The molecule has 2 nitrogen and oxygen atoms in total. The molecule has 82 valence electrons. The fourth-order valence-corrected chi connectivity index (χ4v) is 3.15. The summed E-state index contributed by atoms with van der Waals surface area (Å²) in [5, 5.41) is 0.788. The van der Waals surface area contributed by atoms with Crippen LogP contribution in [-0.4, -0.2) is 24.1 Å². The van der Waals surface area contributed by atoms with E-state index in [0.29, 0.717) is 0 Å². The summed E-state index contributed by atoms with van der Waals surface area (Å²) in [4.78, 5) is 11.1. The Bertz CT molecular complexity index is 176. The molecule has 1 aliphatic carbocycles. The normalized spacial score (nSPS) is 20.4. The van der Waals surface area contributed by atoms with Crippen molar-refractivity contribution in [1.29, 1.82) is 0 Å². The largest absolute Gasteiger partial charge is 0.469 e. The molecule has 0 saturated heterocycles. The highest BCUT2D eigenvalue weighted by Gasteiger charge is 2.18. The van der Waals surface area contributed by atoms with Gasteiger partial charge in [-0.3, -0.25) is 4.79 Å². The standard InChI is InChI=1S/C11H20O2S/c1-9(11(12)13-2)8-14-10-6-4-3-5-7-10/h9-10H,3-8H2,1-2H3/t9-/m0/s1. The molecule has 1 saturated carbocycles. The van der Waals surface area contributed by atoms with Gasteiger partial charge in [-0.05, 0) is 12.8 Å². The Labute approximate surface area is 90.8 Å². The van der Waals surface area contributed by atoms with Gasteiger partial charge in [-0.2, -0.15) is 11.8 Å². The highest BCUT2D eigenvalue weighted by atomic mass is 32.2. The zero-order valence-electron chi connectivity index (χ0n) is 9.12. The van der Waals surface area contributed by atoms with Crippen molar-refractivity contribution in [2.75, 3.05) is 12.9 Å². The number of hydrogen-bond donors (Lipinski definition) is 0. The van der Waals surface area contributed by atoms with Gasteiger partial charge in [-0.25, -0.2) is 0 Å². The third-order valence-corrected chi connectivity index (χ3v) is 4.37. The van der Waals surface area contributed by atoms with Crippen LogP contribution in [0.15, 0.2) is 0 Å². The Hall–Kier alpha value is -0.180. The van der Waals surface area contributed by atoms with Crippen LogP contribution in [0.3, 0.4) is 0 Å². The number of ether oxygens (including phenoxy) is 1. The molecule has 3 heteroatoms. The van der Waals surface area contributed by atoms with E-state index in [-0.39, 0.29) is 11.9 Å². The molecule has 1 atom stereocenters. The Morgan fingerprint density at radius 1 is 1.43 bits per heavy atom. The average molecular weight is 216 g/mol. The van der Waals surface area contributed by atoms with E-state index in [1.54, 1.807) is 0 Å². The van der Waals surface area contributed by atoms with Crippen LogP contribution < -0.4 is 0 Å². The maximum atomic E-state index is 11.1. The highest BCUT2D eigenvalue weighted by Crippen LogP contribution is 2.29. The van der Waals surface area contributed by atoms with Crippen LogP contribution in [0.1, 0.15) is 39.0 Å². The summed E-state index contributed by atoms with van der Waals surface area (Å²) in [5.41, 5.74) is 0. The first-order valence-corrected chi connectivity index (χ1v) is 6.48. The van der Waals surface area contributed by atoms with Gasteiger partial charge in [0.1, 0.15) is 0 Å². The van der Waals surface area contributed by atoms with E-state index in [4.69, 9.17) is 4.74 Å². The third-order valence-electron chi connectivity index (χ3n) is 2.74. The van der Waals surface area contributed by atoms with E-state index >= 15 is 0 Å². The van der Waals surface area contributed by atoms with E-state index < -0.39 is 0 Å². The second kappa shape index (κ2) is 6.33. The predicted molar refractivity (Wildman–Crippen MR) is 60.5 cm³/mol. The zero-order valence-corrected chi connectivity index (χ0v) is 9.94. The summed E-state index contributed by atoms with van der Waals surface area (Å²) < 4.78 is 4.70. The number of methoxy groups -OCH3 is 1. The molecule has 14 heavy (non-hydrogen) atoms. The van der Waals surface area contributed by atoms with Gasteiger partial charge in [0, 0.05) is 11.0 Å². The molecule has 0 bridgehead atoms. The molecule has 0 radical (unpaired) electrons. The van der Waals surface area contributed by atoms with Crippen molar-refractivity contribution in [3.63, 3.8) is 0 Å². The molecule has 0 spiro atoms. The van der Waals surface area contributed by atoms with Crippen molar-refractivity contribution in [2.45, 2.75) is 44.3 Å². The van der Waals surface area contributed by atoms with Crippen LogP contribution in [-0.2, 0) is 9.53 Å². The predicted octanol–water partition coefficient (Wildman–Crippen LogP) is 2.86. The van der Waals surface area contributed by atoms with Crippen LogP contribution in [0.4, 0.5) is 0 Å². The number of carbonyl (C=O) groups is 1. The molecule has 0 heterocycles. The number of hydrogen-bond acceptors (Lipinski definition) is 3. The van der Waals surface area contributed by atoms with Crippen molar-refractivity contribution in [1.82, 2.24) is 0 Å². The van der Waals surface area contributed by atoms with Crippen LogP contribution in [0.5, 0.6) is 0 Å². The summed E-state index contributed by atoms with van der Waals surface area (Å²) in [5.74, 6) is 0.886. The first-order valence-electron chi connectivity index (χ1n) is 5.43. The van der Waals surface area contributed by atoms with Gasteiger partial charge in [0.25, 0.3) is 0 Å². The lowest BCUT2D eigenvalue weighted by Crippen LogP contribution is -2.17. The van der Waals surface area contributed by atoms with Crippen molar-refractivity contribution in [2.24, 2.45) is 5.92 Å². The van der Waals surface area contributed by atoms with Gasteiger partial charge in [0.05, 0.1) is 13.0 Å². The molecule has 0 unspecified atom stereocenters. The van der Waals surface area contributed by atoms with E-state index in [0.717, 1.165) is 11.0 Å². The maximum Gasteiger partial charge on any atom is 0.309 e. The monoisotopic (exact) mass is 216 g/mol. The van der Waals surface area contributed by atoms with E-state index in [1.807, 2.05) is 18.7 Å². The molecular weight excluding hydrogens is 196 g/mol. The van der Waals surface area contributed by atoms with Gasteiger partial charge in [0.15, 0.2) is 0 Å². The fourth-order valence-electron chi connectivity index (χ4n) is 1.78. The molecule has 0 N–H and O–H groups in total. The van der Waals surface area contributed by atoms with Crippen molar-refractivity contribution < 1.29 is 9.53 Å². The second-order valence-corrected chi connectivity index (χ2v) is 5.35. The van der Waals surface area contributed by atoms with Gasteiger partial charge >= 0.3 is 5.97 Å². The highest BCUT2D eigenvalue weighted by molar-refractivity contribution is 7.99. The summed E-state index contributed by atoms with van der Waals surface area (Å²) >= 11 is 1.95. The number of thioether (sulfide) groups is 1. The van der Waals surface area contributed by atoms with Gasteiger partial charge in [-0.1, -0.05) is 26.2 Å². The van der Waals surface area contributed by atoms with Crippen LogP contribution in [0.2, 0.25) is 0 Å². The first kappa shape index (κ1) is 11.9. The van der Waals surface area contributed by atoms with Crippen molar-refractivity contribution in [3.05, 3.63) is 0 Å². The number of carbonyl (C=O) groups excluding carboxylic acids is 1. The zero-order chi connectivity index (χ0) is 10.4. The Morgan fingerprint density at radius 2 is 2.07 bits per heavy atom. The molecule has 1 aliphatic rings. The molecule has 0 aromatic carbocycles. The number of esters is 1. The molecule has 0 aliphatic heterocycles. The summed E-state index contributed by atoms with van der Waals surface area (Å²) in [6.45, 7) is 1.95. The Kier molecular flexibility index (Phi) is 5.38. The quantitative estimate of drug-likeness (QED) is 0.676. The summed E-state index contributed by atoms with van der Waals surface area (Å²) in [7, 11) is 1.46. The van der Waals surface area contributed by atoms with Gasteiger partial charge in [-0.15, -0.1) is 0 Å². The Morgan fingerprint density at radius 3 is 2.64 bits per heavy atom. The lowest BCUT2D eigenvalue weighted by Gasteiger charge is -2.21. The van der Waals surface area contributed by atoms with Crippen LogP contribution in [0.25, 0.3) is 0 Å². The molecule has 0 amide bonds. The van der Waals surface area contributed by atoms with Crippen molar-refractivity contribution in [3.8, 4) is 0 Å². The molecule has 1 rings (SSSR count). The van der Waals surface area contributed by atoms with Gasteiger partial charge in [0.2, 0.25) is 0 Å². The van der Waals surface area contributed by atoms with E-state index in [2.05, 4.69) is 0 Å². The molecular formula is C11H20O2S. The number of rotatable bonds is 4. The maximum absolute atomic E-state index is 11.1. The minimum atomic E-state index is -0.0756. The smallest absolute Gasteiger partial charge is 0.309 e. The van der Waals surface area contributed by atoms with Gasteiger partial charge < -0.3 is 4.74 Å². The lowest BCUT2D eigenvalue weighted by atomic mass is 10.0. The minimum Gasteiger partial charge on any atom is -0.469 e. The van der Waals surface area contributed by atoms with E-state index in [9.17, 15) is 4.79 Å². The molecule has 0 aromatic heterocycles. The SMILES string of the molecule is COC(=O)[C@@H](C)CSC1CCCCC1. The van der Waals surface area contributed by atoms with Crippen molar-refractivity contribution >= 4 is 17.7 Å². The van der Waals surface area contributed by atoms with E-state index in [1.165, 1.54) is 39.2 Å². The lowest BCUT2D eigenvalue weighted by molar-refractivity contribution is -0.143. The molecule has 0 aromatic rings. The van der Waals surface area contributed by atoms with Crippen LogP contribution in [0, 0.1) is 5.92 Å². The minimum absolute atomic E-state index is 0.0481. The first-order chi connectivity index (χ1) is 6.74. The fraction of sp³-hybridized carbons (Fsp3) is 0.909. The molecule has 1 fully saturated rings. The third kappa shape index (κ3) is 3.91. The average Bonchev–Trinajstić information content (AvgIpc) is 2.26. The Balaban J connectivity index is 2.15. The second-order valence-electron chi connectivity index (χ2n) is 4.02. The topological polar surface area (TPSA) is 26.3 Å². The summed E-state index contributed by atoms with van der Waals surface area (Å²) in [6.07, 6.45) is 6.79.